The summed E-state index contributed by atoms with van der Waals surface area (Å²) < 4.78 is 6.99. The molecule has 1 amide bonds. The molecular formula is C11H18N4O2. The van der Waals surface area contributed by atoms with Gasteiger partial charge in [0.15, 0.2) is 5.82 Å². The van der Waals surface area contributed by atoms with Gasteiger partial charge in [0.25, 0.3) is 5.91 Å². The van der Waals surface area contributed by atoms with E-state index in [1.807, 2.05) is 6.92 Å². The fourth-order valence-electron chi connectivity index (χ4n) is 1.97. The fraction of sp³-hybridized carbons (Fsp3) is 0.636. The normalized spacial score (nSPS) is 20.2. The van der Waals surface area contributed by atoms with Gasteiger partial charge in [-0.05, 0) is 26.2 Å². The molecule has 6 nitrogen and oxygen atoms in total. The number of aromatic nitrogens is 2. The molecule has 1 fully saturated rings. The quantitative estimate of drug-likeness (QED) is 0.799. The third-order valence-electron chi connectivity index (χ3n) is 2.98. The molecule has 1 atom stereocenters. The van der Waals surface area contributed by atoms with E-state index in [-0.39, 0.29) is 12.0 Å². The monoisotopic (exact) mass is 238 g/mol. The van der Waals surface area contributed by atoms with Crippen molar-refractivity contribution in [2.75, 3.05) is 17.7 Å². The molecular weight excluding hydrogens is 220 g/mol. The highest BCUT2D eigenvalue weighted by Crippen LogP contribution is 2.22. The van der Waals surface area contributed by atoms with Crippen LogP contribution in [-0.2, 0) is 16.6 Å². The number of nitrogens with zero attached hydrogens (tertiary/aromatic N) is 2. The predicted octanol–water partition coefficient (Wildman–Crippen LogP) is 0.818. The van der Waals surface area contributed by atoms with Crippen molar-refractivity contribution in [2.24, 2.45) is 7.05 Å². The number of carbonyl (C=O) groups excluding carboxylic acids is 1. The zero-order valence-electron chi connectivity index (χ0n) is 10.2. The van der Waals surface area contributed by atoms with E-state index in [0.29, 0.717) is 23.8 Å². The molecule has 0 saturated carbocycles. The lowest BCUT2D eigenvalue weighted by Crippen LogP contribution is -2.33. The van der Waals surface area contributed by atoms with Crippen molar-refractivity contribution in [1.29, 1.82) is 0 Å². The SMILES string of the molecule is Cc1nn(C)c(NC(=O)C2CCCCO2)c1N. The number of rotatable bonds is 2. The lowest BCUT2D eigenvalue weighted by molar-refractivity contribution is -0.130. The number of nitrogens with two attached hydrogens (primary N) is 1. The summed E-state index contributed by atoms with van der Waals surface area (Å²) in [5.74, 6) is 0.404. The molecule has 0 radical (unpaired) electrons. The van der Waals surface area contributed by atoms with Crippen LogP contribution in [0, 0.1) is 6.92 Å². The van der Waals surface area contributed by atoms with Crippen molar-refractivity contribution in [3.05, 3.63) is 5.69 Å². The van der Waals surface area contributed by atoms with Crippen molar-refractivity contribution in [2.45, 2.75) is 32.3 Å². The first-order chi connectivity index (χ1) is 8.09. The van der Waals surface area contributed by atoms with Gasteiger partial charge >= 0.3 is 0 Å². The Labute approximate surface area is 100 Å². The number of ether oxygens (including phenoxy) is 1. The molecule has 0 bridgehead atoms. The summed E-state index contributed by atoms with van der Waals surface area (Å²) in [6.07, 6.45) is 2.45. The first-order valence-corrected chi connectivity index (χ1v) is 5.81. The molecule has 94 valence electrons. The Balaban J connectivity index is 2.07. The molecule has 17 heavy (non-hydrogen) atoms. The third kappa shape index (κ3) is 2.41. The Morgan fingerprint density at radius 1 is 1.59 bits per heavy atom. The summed E-state index contributed by atoms with van der Waals surface area (Å²) in [6, 6.07) is 0. The predicted molar refractivity (Wildman–Crippen MR) is 64.6 cm³/mol. The number of aryl methyl sites for hydroxylation is 2. The molecule has 1 unspecified atom stereocenters. The van der Waals surface area contributed by atoms with Gasteiger partial charge in [-0.1, -0.05) is 0 Å². The Morgan fingerprint density at radius 3 is 2.88 bits per heavy atom. The van der Waals surface area contributed by atoms with Gasteiger partial charge in [0.1, 0.15) is 6.10 Å². The van der Waals surface area contributed by atoms with Crippen molar-refractivity contribution in [3.8, 4) is 0 Å². The van der Waals surface area contributed by atoms with Gasteiger partial charge < -0.3 is 15.8 Å². The number of amides is 1. The average Bonchev–Trinajstić information content (AvgIpc) is 2.57. The van der Waals surface area contributed by atoms with Gasteiger partial charge in [0.2, 0.25) is 0 Å². The van der Waals surface area contributed by atoms with Gasteiger partial charge in [-0.25, -0.2) is 0 Å². The van der Waals surface area contributed by atoms with E-state index in [0.717, 1.165) is 19.3 Å². The zero-order valence-corrected chi connectivity index (χ0v) is 10.2. The highest BCUT2D eigenvalue weighted by Gasteiger charge is 2.23. The van der Waals surface area contributed by atoms with Crippen LogP contribution >= 0.6 is 0 Å². The minimum Gasteiger partial charge on any atom is -0.394 e. The largest absolute Gasteiger partial charge is 0.394 e. The summed E-state index contributed by atoms with van der Waals surface area (Å²) in [4.78, 5) is 11.9. The standard InChI is InChI=1S/C11H18N4O2/c1-7-9(12)10(15(2)14-7)13-11(16)8-5-3-4-6-17-8/h8H,3-6,12H2,1-2H3,(H,13,16). The number of anilines is 2. The topological polar surface area (TPSA) is 82.2 Å². The van der Waals surface area contributed by atoms with Crippen molar-refractivity contribution < 1.29 is 9.53 Å². The molecule has 0 aromatic carbocycles. The van der Waals surface area contributed by atoms with Gasteiger partial charge in [-0.15, -0.1) is 0 Å². The first kappa shape index (κ1) is 11.9. The molecule has 0 spiro atoms. The van der Waals surface area contributed by atoms with Crippen LogP contribution < -0.4 is 11.1 Å². The van der Waals surface area contributed by atoms with Gasteiger partial charge in [-0.2, -0.15) is 5.10 Å². The highest BCUT2D eigenvalue weighted by molar-refractivity contribution is 5.96. The van der Waals surface area contributed by atoms with E-state index in [9.17, 15) is 4.79 Å². The summed E-state index contributed by atoms with van der Waals surface area (Å²) in [5.41, 5.74) is 7.07. The van der Waals surface area contributed by atoms with E-state index in [1.54, 1.807) is 11.7 Å². The van der Waals surface area contributed by atoms with E-state index < -0.39 is 0 Å². The fourth-order valence-corrected chi connectivity index (χ4v) is 1.97. The van der Waals surface area contributed by atoms with E-state index >= 15 is 0 Å². The number of hydrogen-bond acceptors (Lipinski definition) is 4. The van der Waals surface area contributed by atoms with Crippen molar-refractivity contribution in [1.82, 2.24) is 9.78 Å². The summed E-state index contributed by atoms with van der Waals surface area (Å²) in [6.45, 7) is 2.46. The minimum atomic E-state index is -0.363. The van der Waals surface area contributed by atoms with Gasteiger partial charge in [0.05, 0.1) is 11.4 Å². The Hall–Kier alpha value is -1.56. The molecule has 2 heterocycles. The first-order valence-electron chi connectivity index (χ1n) is 5.81. The molecule has 2 rings (SSSR count). The molecule has 1 aromatic heterocycles. The Morgan fingerprint density at radius 2 is 2.35 bits per heavy atom. The van der Waals surface area contributed by atoms with Crippen molar-refractivity contribution in [3.63, 3.8) is 0 Å². The number of hydrogen-bond donors (Lipinski definition) is 2. The van der Waals surface area contributed by atoms with Gasteiger partial charge in [0, 0.05) is 13.7 Å². The number of carbonyl (C=O) groups is 1. The Kier molecular flexibility index (Phi) is 3.33. The molecule has 0 aliphatic carbocycles. The lowest BCUT2D eigenvalue weighted by atomic mass is 10.1. The number of nitrogens with one attached hydrogen (secondary N) is 1. The minimum absolute atomic E-state index is 0.139. The maximum Gasteiger partial charge on any atom is 0.254 e. The molecule has 1 aliphatic rings. The van der Waals surface area contributed by atoms with Crippen LogP contribution in [0.2, 0.25) is 0 Å². The van der Waals surface area contributed by atoms with Crippen molar-refractivity contribution >= 4 is 17.4 Å². The van der Waals surface area contributed by atoms with Crippen LogP contribution in [0.5, 0.6) is 0 Å². The van der Waals surface area contributed by atoms with Crippen LogP contribution in [0.3, 0.4) is 0 Å². The molecule has 1 aromatic rings. The van der Waals surface area contributed by atoms with E-state index in [4.69, 9.17) is 10.5 Å². The second kappa shape index (κ2) is 4.75. The zero-order chi connectivity index (χ0) is 12.4. The second-order valence-corrected chi connectivity index (χ2v) is 4.32. The van der Waals surface area contributed by atoms with E-state index in [2.05, 4.69) is 10.4 Å². The van der Waals surface area contributed by atoms with Crippen LogP contribution in [0.15, 0.2) is 0 Å². The molecule has 3 N–H and O–H groups in total. The second-order valence-electron chi connectivity index (χ2n) is 4.32. The third-order valence-corrected chi connectivity index (χ3v) is 2.98. The van der Waals surface area contributed by atoms with Gasteiger partial charge in [-0.3, -0.25) is 9.48 Å². The van der Waals surface area contributed by atoms with Crippen LogP contribution in [-0.4, -0.2) is 28.4 Å². The highest BCUT2D eigenvalue weighted by atomic mass is 16.5. The lowest BCUT2D eigenvalue weighted by Gasteiger charge is -2.21. The molecule has 1 saturated heterocycles. The molecule has 6 heteroatoms. The maximum absolute atomic E-state index is 11.9. The van der Waals surface area contributed by atoms with E-state index in [1.165, 1.54) is 0 Å². The maximum atomic E-state index is 11.9. The molecule has 1 aliphatic heterocycles. The van der Waals surface area contributed by atoms with Crippen LogP contribution in [0.4, 0.5) is 11.5 Å². The Bertz CT molecular complexity index is 421. The average molecular weight is 238 g/mol. The summed E-state index contributed by atoms with van der Waals surface area (Å²) in [7, 11) is 1.75. The smallest absolute Gasteiger partial charge is 0.254 e. The summed E-state index contributed by atoms with van der Waals surface area (Å²) in [5, 5.41) is 6.93. The summed E-state index contributed by atoms with van der Waals surface area (Å²) >= 11 is 0. The van der Waals surface area contributed by atoms with Crippen LogP contribution in [0.25, 0.3) is 0 Å². The van der Waals surface area contributed by atoms with Crippen LogP contribution in [0.1, 0.15) is 25.0 Å². The number of nitrogen functional groups attached to an aromatic ring is 1.